The Labute approximate surface area is 122 Å². The Hall–Kier alpha value is -0.660. The van der Waals surface area contributed by atoms with Crippen LogP contribution in [-0.4, -0.2) is 50.7 Å². The third kappa shape index (κ3) is 5.76. The molecule has 0 bridgehead atoms. The molecule has 1 saturated heterocycles. The maximum absolute atomic E-state index is 12.4. The average Bonchev–Trinajstić information content (AvgIpc) is 2.41. The van der Waals surface area contributed by atoms with Gasteiger partial charge in [0.1, 0.15) is 0 Å². The van der Waals surface area contributed by atoms with Crippen molar-refractivity contribution >= 4 is 15.9 Å². The molecule has 20 heavy (non-hydrogen) atoms. The van der Waals surface area contributed by atoms with Crippen molar-refractivity contribution in [3.05, 3.63) is 0 Å². The van der Waals surface area contributed by atoms with Crippen molar-refractivity contribution in [2.24, 2.45) is 5.73 Å². The van der Waals surface area contributed by atoms with E-state index >= 15 is 0 Å². The van der Waals surface area contributed by atoms with E-state index in [1.165, 1.54) is 0 Å². The molecule has 0 aromatic heterocycles. The van der Waals surface area contributed by atoms with Gasteiger partial charge in [0, 0.05) is 19.1 Å². The van der Waals surface area contributed by atoms with Gasteiger partial charge in [-0.05, 0) is 25.7 Å². The van der Waals surface area contributed by atoms with Gasteiger partial charge in [-0.25, -0.2) is 13.1 Å². The lowest BCUT2D eigenvalue weighted by atomic mass is 10.00. The number of unbranched alkanes of at least 4 members (excludes halogenated alkanes) is 1. The highest BCUT2D eigenvalue weighted by Gasteiger charge is 2.29. The number of hydrogen-bond donors (Lipinski definition) is 2. The zero-order chi connectivity index (χ0) is 15.2. The van der Waals surface area contributed by atoms with Gasteiger partial charge in [-0.15, -0.1) is 0 Å². The second-order valence-corrected chi connectivity index (χ2v) is 7.38. The van der Waals surface area contributed by atoms with Gasteiger partial charge >= 0.3 is 0 Å². The largest absolute Gasteiger partial charge is 0.337 e. The van der Waals surface area contributed by atoms with Crippen LogP contribution in [-0.2, 0) is 14.8 Å². The Morgan fingerprint density at radius 1 is 1.45 bits per heavy atom. The van der Waals surface area contributed by atoms with Crippen LogP contribution in [0.4, 0.5) is 0 Å². The Kier molecular flexibility index (Phi) is 6.91. The summed E-state index contributed by atoms with van der Waals surface area (Å²) < 4.78 is 24.9. The van der Waals surface area contributed by atoms with Gasteiger partial charge in [0.05, 0.1) is 12.3 Å². The standard InChI is InChI=1S/C13H27N3O3S/c1-3-4-8-12(14)13(17)16-9-6-5-7-11(16)10-15-20(2,18)19/h11-12,15H,3-10,14H2,1-2H3/t11?,12-/m0/s1. The minimum atomic E-state index is -3.23. The van der Waals surface area contributed by atoms with Crippen molar-refractivity contribution in [3.63, 3.8) is 0 Å². The third-order valence-corrected chi connectivity index (χ3v) is 4.37. The third-order valence-electron chi connectivity index (χ3n) is 3.68. The van der Waals surface area contributed by atoms with Gasteiger partial charge in [0.25, 0.3) is 0 Å². The molecule has 1 amide bonds. The van der Waals surface area contributed by atoms with Crippen molar-refractivity contribution in [3.8, 4) is 0 Å². The number of carbonyl (C=O) groups excluding carboxylic acids is 1. The van der Waals surface area contributed by atoms with Gasteiger partial charge in [-0.2, -0.15) is 0 Å². The lowest BCUT2D eigenvalue weighted by Gasteiger charge is -2.37. The quantitative estimate of drug-likeness (QED) is 0.713. The van der Waals surface area contributed by atoms with Gasteiger partial charge in [-0.1, -0.05) is 19.8 Å². The van der Waals surface area contributed by atoms with Crippen molar-refractivity contribution in [1.29, 1.82) is 0 Å². The number of hydrogen-bond acceptors (Lipinski definition) is 4. The fourth-order valence-electron chi connectivity index (χ4n) is 2.51. The molecule has 1 fully saturated rings. The van der Waals surface area contributed by atoms with Gasteiger partial charge in [0.2, 0.25) is 15.9 Å². The van der Waals surface area contributed by atoms with E-state index in [-0.39, 0.29) is 18.5 Å². The first-order chi connectivity index (χ1) is 9.35. The van der Waals surface area contributed by atoms with E-state index in [2.05, 4.69) is 11.6 Å². The minimum absolute atomic E-state index is 0.0431. The molecule has 0 aromatic rings. The molecule has 0 radical (unpaired) electrons. The summed E-state index contributed by atoms with van der Waals surface area (Å²) in [5, 5.41) is 0. The molecule has 1 unspecified atom stereocenters. The van der Waals surface area contributed by atoms with E-state index in [0.717, 1.165) is 38.4 Å². The minimum Gasteiger partial charge on any atom is -0.337 e. The molecule has 0 saturated carbocycles. The second-order valence-electron chi connectivity index (χ2n) is 5.55. The van der Waals surface area contributed by atoms with Crippen LogP contribution in [0.25, 0.3) is 0 Å². The molecule has 7 heteroatoms. The summed E-state index contributed by atoms with van der Waals surface area (Å²) >= 11 is 0. The van der Waals surface area contributed by atoms with E-state index in [9.17, 15) is 13.2 Å². The van der Waals surface area contributed by atoms with Gasteiger partial charge < -0.3 is 10.6 Å². The Morgan fingerprint density at radius 3 is 2.75 bits per heavy atom. The molecule has 0 aliphatic carbocycles. The highest BCUT2D eigenvalue weighted by Crippen LogP contribution is 2.18. The fraction of sp³-hybridized carbons (Fsp3) is 0.923. The summed E-state index contributed by atoms with van der Waals surface area (Å²) in [7, 11) is -3.23. The highest BCUT2D eigenvalue weighted by molar-refractivity contribution is 7.88. The number of nitrogens with one attached hydrogen (secondary N) is 1. The van der Waals surface area contributed by atoms with Crippen molar-refractivity contribution < 1.29 is 13.2 Å². The summed E-state index contributed by atoms with van der Waals surface area (Å²) in [4.78, 5) is 14.1. The maximum atomic E-state index is 12.4. The molecule has 1 heterocycles. The summed E-state index contributed by atoms with van der Waals surface area (Å²) in [5.41, 5.74) is 5.95. The van der Waals surface area contributed by atoms with E-state index in [0.29, 0.717) is 13.0 Å². The Morgan fingerprint density at radius 2 is 2.15 bits per heavy atom. The van der Waals surface area contributed by atoms with Crippen LogP contribution in [0.5, 0.6) is 0 Å². The predicted octanol–water partition coefficient (Wildman–Crippen LogP) is 0.434. The summed E-state index contributed by atoms with van der Waals surface area (Å²) in [6.07, 6.45) is 6.58. The molecule has 118 valence electrons. The molecule has 1 rings (SSSR count). The van der Waals surface area contributed by atoms with E-state index in [4.69, 9.17) is 5.73 Å². The number of nitrogens with zero attached hydrogens (tertiary/aromatic N) is 1. The lowest BCUT2D eigenvalue weighted by molar-refractivity contribution is -0.136. The number of piperidine rings is 1. The molecule has 3 N–H and O–H groups in total. The molecule has 2 atom stereocenters. The van der Waals surface area contributed by atoms with Crippen molar-refractivity contribution in [2.45, 2.75) is 57.5 Å². The maximum Gasteiger partial charge on any atom is 0.239 e. The highest BCUT2D eigenvalue weighted by atomic mass is 32.2. The van der Waals surface area contributed by atoms with Crippen molar-refractivity contribution in [1.82, 2.24) is 9.62 Å². The molecule has 0 aromatic carbocycles. The van der Waals surface area contributed by atoms with Crippen LogP contribution in [0.3, 0.4) is 0 Å². The van der Waals surface area contributed by atoms with E-state index < -0.39 is 16.1 Å². The fourth-order valence-corrected chi connectivity index (χ4v) is 3.01. The second kappa shape index (κ2) is 7.95. The normalized spacial score (nSPS) is 21.8. The Balaban J connectivity index is 2.61. The molecule has 6 nitrogen and oxygen atoms in total. The SMILES string of the molecule is CCCC[C@H](N)C(=O)N1CCCCC1CNS(C)(=O)=O. The number of amides is 1. The molecular weight excluding hydrogens is 278 g/mol. The number of likely N-dealkylation sites (tertiary alicyclic amines) is 1. The monoisotopic (exact) mass is 305 g/mol. The first-order valence-corrected chi connectivity index (χ1v) is 9.25. The smallest absolute Gasteiger partial charge is 0.239 e. The lowest BCUT2D eigenvalue weighted by Crippen LogP contribution is -2.54. The van der Waals surface area contributed by atoms with Crippen LogP contribution in [0.1, 0.15) is 45.4 Å². The van der Waals surface area contributed by atoms with Crippen LogP contribution in [0.15, 0.2) is 0 Å². The number of rotatable bonds is 7. The molecule has 1 aliphatic heterocycles. The van der Waals surface area contributed by atoms with E-state index in [1.807, 2.05) is 0 Å². The number of nitrogens with two attached hydrogens (primary N) is 1. The Bertz CT molecular complexity index is 411. The zero-order valence-corrected chi connectivity index (χ0v) is 13.3. The van der Waals surface area contributed by atoms with Gasteiger partial charge in [-0.3, -0.25) is 4.79 Å². The summed E-state index contributed by atoms with van der Waals surface area (Å²) in [5.74, 6) is -0.0431. The van der Waals surface area contributed by atoms with Crippen LogP contribution < -0.4 is 10.5 Å². The summed E-state index contributed by atoms with van der Waals surface area (Å²) in [6, 6.07) is -0.535. The first-order valence-electron chi connectivity index (χ1n) is 7.36. The molecule has 1 aliphatic rings. The van der Waals surface area contributed by atoms with Crippen LogP contribution in [0, 0.1) is 0 Å². The zero-order valence-electron chi connectivity index (χ0n) is 12.5. The number of carbonyl (C=O) groups is 1. The number of sulfonamides is 1. The molecular formula is C13H27N3O3S. The molecule has 0 spiro atoms. The van der Waals surface area contributed by atoms with E-state index in [1.54, 1.807) is 4.90 Å². The van der Waals surface area contributed by atoms with Crippen molar-refractivity contribution in [2.75, 3.05) is 19.3 Å². The van der Waals surface area contributed by atoms with Gasteiger partial charge in [0.15, 0.2) is 0 Å². The predicted molar refractivity (Wildman–Crippen MR) is 79.7 cm³/mol. The average molecular weight is 305 g/mol. The van der Waals surface area contributed by atoms with Crippen LogP contribution >= 0.6 is 0 Å². The summed E-state index contributed by atoms with van der Waals surface area (Å²) in [6.45, 7) is 3.02. The van der Waals surface area contributed by atoms with Crippen LogP contribution in [0.2, 0.25) is 0 Å². The first kappa shape index (κ1) is 17.4. The topological polar surface area (TPSA) is 92.5 Å².